The number of hydrogen-bond donors (Lipinski definition) is 1. The maximum atomic E-state index is 12.4. The number of ether oxygens (including phenoxy) is 1. The van der Waals surface area contributed by atoms with E-state index < -0.39 is 0 Å². The van der Waals surface area contributed by atoms with Crippen molar-refractivity contribution in [2.75, 3.05) is 19.7 Å². The number of benzene rings is 1. The average Bonchev–Trinajstić information content (AvgIpc) is 3.27. The SMILES string of the molecule is Cc1cccc(OCCN2CCCC(NC3CC3)C2=O)c1. The lowest BCUT2D eigenvalue weighted by Crippen LogP contribution is -2.52. The van der Waals surface area contributed by atoms with Crippen LogP contribution in [0.1, 0.15) is 31.2 Å². The van der Waals surface area contributed by atoms with Gasteiger partial charge in [0.2, 0.25) is 5.91 Å². The summed E-state index contributed by atoms with van der Waals surface area (Å²) in [5.41, 5.74) is 1.19. The van der Waals surface area contributed by atoms with E-state index in [1.807, 2.05) is 23.1 Å². The minimum atomic E-state index is 0.0326. The van der Waals surface area contributed by atoms with E-state index in [9.17, 15) is 4.79 Å². The first-order chi connectivity index (χ1) is 10.2. The fourth-order valence-corrected chi connectivity index (χ4v) is 2.83. The number of carbonyl (C=O) groups excluding carboxylic acids is 1. The number of rotatable bonds is 6. The Balaban J connectivity index is 1.46. The van der Waals surface area contributed by atoms with Gasteiger partial charge in [0.1, 0.15) is 12.4 Å². The van der Waals surface area contributed by atoms with Gasteiger partial charge >= 0.3 is 0 Å². The molecule has 4 heteroatoms. The molecule has 1 saturated heterocycles. The van der Waals surface area contributed by atoms with E-state index in [1.54, 1.807) is 0 Å². The van der Waals surface area contributed by atoms with Crippen molar-refractivity contribution in [2.24, 2.45) is 0 Å². The van der Waals surface area contributed by atoms with Crippen molar-refractivity contribution in [3.63, 3.8) is 0 Å². The fraction of sp³-hybridized carbons (Fsp3) is 0.588. The molecule has 21 heavy (non-hydrogen) atoms. The summed E-state index contributed by atoms with van der Waals surface area (Å²) in [5.74, 6) is 1.13. The van der Waals surface area contributed by atoms with Crippen LogP contribution < -0.4 is 10.1 Å². The van der Waals surface area contributed by atoms with Gasteiger partial charge in [0.25, 0.3) is 0 Å². The molecule has 0 spiro atoms. The molecular weight excluding hydrogens is 264 g/mol. The molecule has 1 aliphatic heterocycles. The zero-order valence-corrected chi connectivity index (χ0v) is 12.7. The molecule has 0 bridgehead atoms. The summed E-state index contributed by atoms with van der Waals surface area (Å²) in [5, 5.41) is 3.46. The van der Waals surface area contributed by atoms with Crippen LogP contribution in [-0.4, -0.2) is 42.6 Å². The molecular formula is C17H24N2O2. The summed E-state index contributed by atoms with van der Waals surface area (Å²) in [7, 11) is 0. The van der Waals surface area contributed by atoms with Gasteiger partial charge in [-0.2, -0.15) is 0 Å². The maximum Gasteiger partial charge on any atom is 0.239 e. The number of hydrogen-bond acceptors (Lipinski definition) is 3. The highest BCUT2D eigenvalue weighted by molar-refractivity contribution is 5.82. The highest BCUT2D eigenvalue weighted by Gasteiger charge is 2.33. The van der Waals surface area contributed by atoms with E-state index in [2.05, 4.69) is 18.3 Å². The number of likely N-dealkylation sites (tertiary alicyclic amines) is 1. The molecule has 1 N–H and O–H groups in total. The lowest BCUT2D eigenvalue weighted by molar-refractivity contribution is -0.136. The first-order valence-electron chi connectivity index (χ1n) is 7.97. The number of aryl methyl sites for hydroxylation is 1. The lowest BCUT2D eigenvalue weighted by Gasteiger charge is -2.32. The van der Waals surface area contributed by atoms with Crippen LogP contribution in [0.25, 0.3) is 0 Å². The van der Waals surface area contributed by atoms with Gasteiger partial charge in [-0.25, -0.2) is 0 Å². The lowest BCUT2D eigenvalue weighted by atomic mass is 10.0. The normalized spacial score (nSPS) is 22.4. The van der Waals surface area contributed by atoms with Crippen LogP contribution in [0.2, 0.25) is 0 Å². The molecule has 1 heterocycles. The summed E-state index contributed by atoms with van der Waals surface area (Å²) in [4.78, 5) is 14.3. The number of piperidine rings is 1. The number of nitrogens with one attached hydrogen (secondary N) is 1. The van der Waals surface area contributed by atoms with E-state index in [-0.39, 0.29) is 11.9 Å². The maximum absolute atomic E-state index is 12.4. The number of amides is 1. The largest absolute Gasteiger partial charge is 0.492 e. The molecule has 1 amide bonds. The molecule has 1 unspecified atom stereocenters. The van der Waals surface area contributed by atoms with Crippen molar-refractivity contribution in [1.82, 2.24) is 10.2 Å². The van der Waals surface area contributed by atoms with Crippen molar-refractivity contribution in [1.29, 1.82) is 0 Å². The smallest absolute Gasteiger partial charge is 0.239 e. The first kappa shape index (κ1) is 14.4. The molecule has 4 nitrogen and oxygen atoms in total. The Kier molecular flexibility index (Phi) is 4.44. The second-order valence-corrected chi connectivity index (χ2v) is 6.13. The van der Waals surface area contributed by atoms with Crippen molar-refractivity contribution in [3.8, 4) is 5.75 Å². The minimum Gasteiger partial charge on any atom is -0.492 e. The van der Waals surface area contributed by atoms with E-state index in [4.69, 9.17) is 4.74 Å². The van der Waals surface area contributed by atoms with E-state index in [0.717, 1.165) is 25.1 Å². The van der Waals surface area contributed by atoms with Gasteiger partial charge in [-0.3, -0.25) is 4.79 Å². The van der Waals surface area contributed by atoms with Crippen LogP contribution in [0, 0.1) is 6.92 Å². The molecule has 1 saturated carbocycles. The zero-order chi connectivity index (χ0) is 14.7. The third-order valence-corrected chi connectivity index (χ3v) is 4.16. The molecule has 1 atom stereocenters. The van der Waals surface area contributed by atoms with Crippen molar-refractivity contribution >= 4 is 5.91 Å². The second-order valence-electron chi connectivity index (χ2n) is 6.13. The Morgan fingerprint density at radius 3 is 2.95 bits per heavy atom. The van der Waals surface area contributed by atoms with Crippen LogP contribution in [0.5, 0.6) is 5.75 Å². The van der Waals surface area contributed by atoms with E-state index >= 15 is 0 Å². The van der Waals surface area contributed by atoms with E-state index in [0.29, 0.717) is 19.2 Å². The van der Waals surface area contributed by atoms with Crippen LogP contribution in [0.15, 0.2) is 24.3 Å². The highest BCUT2D eigenvalue weighted by atomic mass is 16.5. The molecule has 1 aromatic rings. The molecule has 3 rings (SSSR count). The van der Waals surface area contributed by atoms with Gasteiger partial charge in [0, 0.05) is 12.6 Å². The van der Waals surface area contributed by atoms with Gasteiger partial charge in [-0.05, 0) is 50.3 Å². The Hall–Kier alpha value is -1.55. The average molecular weight is 288 g/mol. The third-order valence-electron chi connectivity index (χ3n) is 4.16. The highest BCUT2D eigenvalue weighted by Crippen LogP contribution is 2.22. The second kappa shape index (κ2) is 6.48. The zero-order valence-electron chi connectivity index (χ0n) is 12.7. The minimum absolute atomic E-state index is 0.0326. The standard InChI is InChI=1S/C17H24N2O2/c1-13-4-2-5-15(12-13)21-11-10-19-9-3-6-16(17(19)20)18-14-7-8-14/h2,4-5,12,14,16,18H,3,6-11H2,1H3. The van der Waals surface area contributed by atoms with Crippen molar-refractivity contribution in [3.05, 3.63) is 29.8 Å². The van der Waals surface area contributed by atoms with Crippen molar-refractivity contribution in [2.45, 2.75) is 44.7 Å². The number of nitrogens with zero attached hydrogens (tertiary/aromatic N) is 1. The summed E-state index contributed by atoms with van der Waals surface area (Å²) < 4.78 is 5.75. The topological polar surface area (TPSA) is 41.6 Å². The predicted molar refractivity (Wildman–Crippen MR) is 82.4 cm³/mol. The Labute approximate surface area is 126 Å². The molecule has 0 radical (unpaired) electrons. The fourth-order valence-electron chi connectivity index (χ4n) is 2.83. The molecule has 2 aliphatic rings. The predicted octanol–water partition coefficient (Wildman–Crippen LogP) is 2.12. The molecule has 1 aliphatic carbocycles. The van der Waals surface area contributed by atoms with Crippen LogP contribution in [0.4, 0.5) is 0 Å². The van der Waals surface area contributed by atoms with E-state index in [1.165, 1.54) is 18.4 Å². The Morgan fingerprint density at radius 1 is 1.33 bits per heavy atom. The van der Waals surface area contributed by atoms with Gasteiger partial charge in [0.15, 0.2) is 0 Å². The van der Waals surface area contributed by atoms with Crippen LogP contribution >= 0.6 is 0 Å². The first-order valence-corrected chi connectivity index (χ1v) is 7.97. The Bertz CT molecular complexity index is 499. The summed E-state index contributed by atoms with van der Waals surface area (Å²) in [6.07, 6.45) is 4.51. The van der Waals surface area contributed by atoms with Gasteiger partial charge in [-0.15, -0.1) is 0 Å². The van der Waals surface area contributed by atoms with Gasteiger partial charge in [-0.1, -0.05) is 12.1 Å². The monoisotopic (exact) mass is 288 g/mol. The third kappa shape index (κ3) is 3.97. The molecule has 0 aromatic heterocycles. The van der Waals surface area contributed by atoms with Gasteiger partial charge in [0.05, 0.1) is 12.6 Å². The molecule has 1 aromatic carbocycles. The van der Waals surface area contributed by atoms with Crippen molar-refractivity contribution < 1.29 is 9.53 Å². The summed E-state index contributed by atoms with van der Waals surface area (Å²) >= 11 is 0. The quantitative estimate of drug-likeness (QED) is 0.872. The van der Waals surface area contributed by atoms with Crippen LogP contribution in [0.3, 0.4) is 0 Å². The molecule has 114 valence electrons. The summed E-state index contributed by atoms with van der Waals surface area (Å²) in [6.45, 7) is 4.15. The number of carbonyl (C=O) groups is 1. The molecule has 2 fully saturated rings. The summed E-state index contributed by atoms with van der Waals surface area (Å²) in [6, 6.07) is 8.65. The van der Waals surface area contributed by atoms with Gasteiger partial charge < -0.3 is 15.0 Å². The van der Waals surface area contributed by atoms with Crippen LogP contribution in [-0.2, 0) is 4.79 Å². The Morgan fingerprint density at radius 2 is 2.19 bits per heavy atom.